The largest absolute Gasteiger partial charge is 0.497 e. The van der Waals surface area contributed by atoms with E-state index in [1.54, 1.807) is 14.0 Å². The number of carbonyl (C=O) groups excluding carboxylic acids is 1. The minimum Gasteiger partial charge on any atom is -0.497 e. The van der Waals surface area contributed by atoms with E-state index in [9.17, 15) is 13.6 Å². The van der Waals surface area contributed by atoms with Crippen molar-refractivity contribution in [3.05, 3.63) is 77.1 Å². The van der Waals surface area contributed by atoms with Crippen LogP contribution in [0.1, 0.15) is 21.7 Å². The zero-order chi connectivity index (χ0) is 20.1. The lowest BCUT2D eigenvalue weighted by Crippen LogP contribution is -2.17. The lowest BCUT2D eigenvalue weighted by atomic mass is 10.2. The predicted octanol–water partition coefficient (Wildman–Crippen LogP) is 3.94. The summed E-state index contributed by atoms with van der Waals surface area (Å²) in [5.41, 5.74) is 0.973. The summed E-state index contributed by atoms with van der Waals surface area (Å²) in [7, 11) is 1.59. The number of para-hydroxylation sites is 1. The van der Waals surface area contributed by atoms with E-state index in [0.717, 1.165) is 23.4 Å². The second-order valence-electron chi connectivity index (χ2n) is 5.97. The number of amides is 1. The highest BCUT2D eigenvalue weighted by atomic mass is 19.1. The van der Waals surface area contributed by atoms with Crippen molar-refractivity contribution in [1.82, 2.24) is 9.97 Å². The van der Waals surface area contributed by atoms with Gasteiger partial charge < -0.3 is 15.4 Å². The van der Waals surface area contributed by atoms with Gasteiger partial charge in [0.2, 0.25) is 5.95 Å². The number of hydrogen-bond donors (Lipinski definition) is 2. The van der Waals surface area contributed by atoms with Gasteiger partial charge in [0.25, 0.3) is 5.91 Å². The summed E-state index contributed by atoms with van der Waals surface area (Å²) in [5, 5.41) is 5.24. The van der Waals surface area contributed by atoms with Crippen LogP contribution in [0, 0.1) is 18.6 Å². The normalized spacial score (nSPS) is 10.4. The Bertz CT molecular complexity index is 974. The predicted molar refractivity (Wildman–Crippen MR) is 101 cm³/mol. The molecule has 3 rings (SSSR count). The molecule has 0 atom stereocenters. The molecule has 1 aromatic heterocycles. The van der Waals surface area contributed by atoms with Gasteiger partial charge in [0, 0.05) is 12.2 Å². The smallest absolute Gasteiger partial charge is 0.274 e. The standard InChI is InChI=1S/C20H18F2N4O2/c1-12-10-17(19(27)26-18-15(21)4-3-5-16(18)22)25-20(24-12)23-11-13-6-8-14(28-2)9-7-13/h3-10H,11H2,1-2H3,(H,26,27)(H,23,24,25). The van der Waals surface area contributed by atoms with Crippen LogP contribution in [0.4, 0.5) is 20.4 Å². The average Bonchev–Trinajstić information content (AvgIpc) is 2.69. The van der Waals surface area contributed by atoms with Crippen molar-refractivity contribution >= 4 is 17.5 Å². The zero-order valence-corrected chi connectivity index (χ0v) is 15.3. The lowest BCUT2D eigenvalue weighted by Gasteiger charge is -2.10. The first-order valence-corrected chi connectivity index (χ1v) is 8.44. The molecule has 2 N–H and O–H groups in total. The minimum atomic E-state index is -0.864. The first-order valence-electron chi connectivity index (χ1n) is 8.44. The van der Waals surface area contributed by atoms with Crippen LogP contribution in [-0.2, 0) is 6.54 Å². The number of ether oxygens (including phenoxy) is 1. The van der Waals surface area contributed by atoms with E-state index in [4.69, 9.17) is 4.74 Å². The highest BCUT2D eigenvalue weighted by molar-refractivity contribution is 6.03. The highest BCUT2D eigenvalue weighted by Gasteiger charge is 2.16. The molecule has 0 saturated carbocycles. The fraction of sp³-hybridized carbons (Fsp3) is 0.150. The van der Waals surface area contributed by atoms with Gasteiger partial charge in [-0.25, -0.2) is 18.7 Å². The fourth-order valence-electron chi connectivity index (χ4n) is 2.48. The van der Waals surface area contributed by atoms with Crippen LogP contribution >= 0.6 is 0 Å². The third-order valence-corrected chi connectivity index (χ3v) is 3.90. The number of aryl methyl sites for hydroxylation is 1. The molecule has 1 amide bonds. The molecule has 1 heterocycles. The quantitative estimate of drug-likeness (QED) is 0.673. The Kier molecular flexibility index (Phi) is 5.78. The van der Waals surface area contributed by atoms with Crippen LogP contribution in [0.5, 0.6) is 5.75 Å². The van der Waals surface area contributed by atoms with Crippen LogP contribution < -0.4 is 15.4 Å². The van der Waals surface area contributed by atoms with Crippen molar-refractivity contribution in [2.24, 2.45) is 0 Å². The molecule has 8 heteroatoms. The average molecular weight is 384 g/mol. The molecule has 3 aromatic rings. The van der Waals surface area contributed by atoms with Gasteiger partial charge in [-0.1, -0.05) is 18.2 Å². The van der Waals surface area contributed by atoms with Gasteiger partial charge in [0.1, 0.15) is 28.8 Å². The van der Waals surface area contributed by atoms with Crippen molar-refractivity contribution in [3.63, 3.8) is 0 Å². The maximum Gasteiger partial charge on any atom is 0.274 e. The molecular weight excluding hydrogens is 366 g/mol. The molecule has 28 heavy (non-hydrogen) atoms. The van der Waals surface area contributed by atoms with Crippen LogP contribution in [-0.4, -0.2) is 23.0 Å². The van der Waals surface area contributed by atoms with Gasteiger partial charge in [0.05, 0.1) is 7.11 Å². The zero-order valence-electron chi connectivity index (χ0n) is 15.3. The summed E-state index contributed by atoms with van der Waals surface area (Å²) >= 11 is 0. The van der Waals surface area contributed by atoms with Crippen molar-refractivity contribution in [1.29, 1.82) is 0 Å². The van der Waals surface area contributed by atoms with Crippen LogP contribution in [0.2, 0.25) is 0 Å². The Morgan fingerprint density at radius 3 is 2.39 bits per heavy atom. The van der Waals surface area contributed by atoms with E-state index in [1.807, 2.05) is 24.3 Å². The summed E-state index contributed by atoms with van der Waals surface area (Å²) in [5.74, 6) is -1.49. The first-order chi connectivity index (χ1) is 13.5. The maximum absolute atomic E-state index is 13.7. The number of aromatic nitrogens is 2. The molecule has 0 bridgehead atoms. The molecule has 0 aliphatic heterocycles. The van der Waals surface area contributed by atoms with Crippen LogP contribution in [0.3, 0.4) is 0 Å². The number of nitrogens with one attached hydrogen (secondary N) is 2. The summed E-state index contributed by atoms with van der Waals surface area (Å²) in [6.07, 6.45) is 0. The summed E-state index contributed by atoms with van der Waals surface area (Å²) < 4.78 is 32.6. The highest BCUT2D eigenvalue weighted by Crippen LogP contribution is 2.19. The molecule has 0 unspecified atom stereocenters. The Morgan fingerprint density at radius 1 is 1.07 bits per heavy atom. The number of halogens is 2. The van der Waals surface area contributed by atoms with Gasteiger partial charge >= 0.3 is 0 Å². The van der Waals surface area contributed by atoms with Crippen LogP contribution in [0.25, 0.3) is 0 Å². The minimum absolute atomic E-state index is 0.00705. The number of carbonyl (C=O) groups is 1. The van der Waals surface area contributed by atoms with Gasteiger partial charge in [-0.2, -0.15) is 0 Å². The van der Waals surface area contributed by atoms with E-state index in [-0.39, 0.29) is 11.6 Å². The van der Waals surface area contributed by atoms with Gasteiger partial charge in [-0.05, 0) is 42.8 Å². The molecule has 0 saturated heterocycles. The SMILES string of the molecule is COc1ccc(CNc2nc(C)cc(C(=O)Nc3c(F)cccc3F)n2)cc1. The number of benzene rings is 2. The maximum atomic E-state index is 13.7. The molecule has 6 nitrogen and oxygen atoms in total. The van der Waals surface area contributed by atoms with Crippen molar-refractivity contribution in [2.75, 3.05) is 17.7 Å². The first kappa shape index (κ1) is 19.2. The van der Waals surface area contributed by atoms with Gasteiger partial charge in [0.15, 0.2) is 0 Å². The molecule has 144 valence electrons. The third kappa shape index (κ3) is 4.59. The Morgan fingerprint density at radius 2 is 1.75 bits per heavy atom. The number of methoxy groups -OCH3 is 1. The van der Waals surface area contributed by atoms with Crippen molar-refractivity contribution in [3.8, 4) is 5.75 Å². The molecule has 0 aliphatic carbocycles. The van der Waals surface area contributed by atoms with E-state index >= 15 is 0 Å². The molecule has 0 aliphatic rings. The summed E-state index contributed by atoms with van der Waals surface area (Å²) in [6, 6.07) is 12.2. The Balaban J connectivity index is 1.74. The number of nitrogens with zero attached hydrogens (tertiary/aromatic N) is 2. The topological polar surface area (TPSA) is 76.1 Å². The fourth-order valence-corrected chi connectivity index (χ4v) is 2.48. The molecule has 0 spiro atoms. The van der Waals surface area contributed by atoms with Gasteiger partial charge in [-0.15, -0.1) is 0 Å². The van der Waals surface area contributed by atoms with Gasteiger partial charge in [-0.3, -0.25) is 4.79 Å². The number of rotatable bonds is 6. The molecule has 0 radical (unpaired) electrons. The molecule has 0 fully saturated rings. The summed E-state index contributed by atoms with van der Waals surface area (Å²) in [4.78, 5) is 20.8. The number of anilines is 2. The van der Waals surface area contributed by atoms with Crippen LogP contribution in [0.15, 0.2) is 48.5 Å². The second kappa shape index (κ2) is 8.43. The van der Waals surface area contributed by atoms with Crippen molar-refractivity contribution < 1.29 is 18.3 Å². The molecular formula is C20H18F2N4O2. The Labute approximate surface area is 160 Å². The second-order valence-corrected chi connectivity index (χ2v) is 5.97. The molecule has 2 aromatic carbocycles. The van der Waals surface area contributed by atoms with E-state index in [2.05, 4.69) is 20.6 Å². The van der Waals surface area contributed by atoms with E-state index in [1.165, 1.54) is 12.1 Å². The van der Waals surface area contributed by atoms with E-state index in [0.29, 0.717) is 12.2 Å². The lowest BCUT2D eigenvalue weighted by molar-refractivity contribution is 0.102. The number of hydrogen-bond acceptors (Lipinski definition) is 5. The van der Waals surface area contributed by atoms with E-state index < -0.39 is 23.2 Å². The Hall–Kier alpha value is -3.55. The summed E-state index contributed by atoms with van der Waals surface area (Å²) in [6.45, 7) is 2.12. The third-order valence-electron chi connectivity index (χ3n) is 3.90. The monoisotopic (exact) mass is 384 g/mol. The van der Waals surface area contributed by atoms with Crippen molar-refractivity contribution in [2.45, 2.75) is 13.5 Å².